The summed E-state index contributed by atoms with van der Waals surface area (Å²) in [6.07, 6.45) is 2.82. The van der Waals surface area contributed by atoms with Gasteiger partial charge in [-0.3, -0.25) is 9.59 Å². The van der Waals surface area contributed by atoms with Gasteiger partial charge in [0.2, 0.25) is 5.91 Å². The Hall–Kier alpha value is -1.88. The predicted molar refractivity (Wildman–Crippen MR) is 77.7 cm³/mol. The molecule has 0 bridgehead atoms. The quantitative estimate of drug-likeness (QED) is 0.843. The molecule has 1 fully saturated rings. The molecule has 1 amide bonds. The van der Waals surface area contributed by atoms with Crippen molar-refractivity contribution in [3.63, 3.8) is 0 Å². The lowest BCUT2D eigenvalue weighted by atomic mass is 9.83. The Labute approximate surface area is 123 Å². The number of carboxylic acid groups (broad SMARTS) is 1. The fraction of sp³-hybridized carbons (Fsp3) is 0.500. The molecule has 2 unspecified atom stereocenters. The third-order valence-electron chi connectivity index (χ3n) is 4.73. The average Bonchev–Trinajstić information content (AvgIpc) is 2.90. The lowest BCUT2D eigenvalue weighted by molar-refractivity contribution is -0.143. The maximum Gasteiger partial charge on any atom is 0.325 e. The number of carbonyl (C=O) groups is 2. The van der Waals surface area contributed by atoms with Gasteiger partial charge in [-0.2, -0.15) is 0 Å². The van der Waals surface area contributed by atoms with Crippen molar-refractivity contribution in [3.8, 4) is 0 Å². The molecule has 1 aliphatic heterocycles. The van der Waals surface area contributed by atoms with Crippen LogP contribution in [0.3, 0.4) is 0 Å². The first-order chi connectivity index (χ1) is 9.99. The standard InChI is InChI=1S/C16H20N2O3/c17-16(15(20)21)7-8-18(10-16)14(19)13-6-5-11-3-1-2-4-12(11)9-13/h1-4,13H,5-10,17H2,(H,20,21). The van der Waals surface area contributed by atoms with Crippen LogP contribution in [0.1, 0.15) is 24.0 Å². The summed E-state index contributed by atoms with van der Waals surface area (Å²) in [4.78, 5) is 25.4. The van der Waals surface area contributed by atoms with Crippen molar-refractivity contribution in [2.75, 3.05) is 13.1 Å². The zero-order chi connectivity index (χ0) is 15.0. The fourth-order valence-electron chi connectivity index (χ4n) is 3.36. The largest absolute Gasteiger partial charge is 0.480 e. The van der Waals surface area contributed by atoms with Crippen molar-refractivity contribution in [2.45, 2.75) is 31.2 Å². The molecular weight excluding hydrogens is 268 g/mol. The Morgan fingerprint density at radius 1 is 1.29 bits per heavy atom. The number of hydrogen-bond acceptors (Lipinski definition) is 3. The van der Waals surface area contributed by atoms with Crippen LogP contribution in [0.5, 0.6) is 0 Å². The summed E-state index contributed by atoms with van der Waals surface area (Å²) < 4.78 is 0. The van der Waals surface area contributed by atoms with E-state index in [1.54, 1.807) is 4.90 Å². The van der Waals surface area contributed by atoms with E-state index in [-0.39, 0.29) is 18.4 Å². The van der Waals surface area contributed by atoms with Gasteiger partial charge in [-0.1, -0.05) is 24.3 Å². The van der Waals surface area contributed by atoms with Gasteiger partial charge in [-0.05, 0) is 36.8 Å². The van der Waals surface area contributed by atoms with E-state index in [2.05, 4.69) is 12.1 Å². The molecule has 1 heterocycles. The first-order valence-corrected chi connectivity index (χ1v) is 7.37. The SMILES string of the molecule is NC1(C(=O)O)CCN(C(=O)C2CCc3ccccc3C2)C1. The number of carbonyl (C=O) groups excluding carboxylic acids is 1. The Morgan fingerprint density at radius 3 is 2.67 bits per heavy atom. The van der Waals surface area contributed by atoms with E-state index in [0.717, 1.165) is 19.3 Å². The number of rotatable bonds is 2. The van der Waals surface area contributed by atoms with E-state index < -0.39 is 11.5 Å². The summed E-state index contributed by atoms with van der Waals surface area (Å²) in [5.41, 5.74) is 7.12. The van der Waals surface area contributed by atoms with Crippen LogP contribution in [0.4, 0.5) is 0 Å². The maximum atomic E-state index is 12.6. The number of fused-ring (bicyclic) bond motifs is 1. The van der Waals surface area contributed by atoms with Gasteiger partial charge in [-0.25, -0.2) is 0 Å². The maximum absolute atomic E-state index is 12.6. The van der Waals surface area contributed by atoms with Crippen LogP contribution in [0.2, 0.25) is 0 Å². The molecule has 21 heavy (non-hydrogen) atoms. The zero-order valence-corrected chi connectivity index (χ0v) is 11.9. The smallest absolute Gasteiger partial charge is 0.325 e. The number of nitrogens with zero attached hydrogens (tertiary/aromatic N) is 1. The van der Waals surface area contributed by atoms with Crippen molar-refractivity contribution in [3.05, 3.63) is 35.4 Å². The number of carboxylic acids is 1. The van der Waals surface area contributed by atoms with E-state index in [0.29, 0.717) is 13.0 Å². The summed E-state index contributed by atoms with van der Waals surface area (Å²) in [6.45, 7) is 0.569. The highest BCUT2D eigenvalue weighted by Crippen LogP contribution is 2.29. The van der Waals surface area contributed by atoms with Gasteiger partial charge in [0.15, 0.2) is 0 Å². The second-order valence-corrected chi connectivity index (χ2v) is 6.18. The topological polar surface area (TPSA) is 83.6 Å². The van der Waals surface area contributed by atoms with E-state index in [1.807, 2.05) is 12.1 Å². The normalized spacial score (nSPS) is 28.2. The first kappa shape index (κ1) is 14.1. The monoisotopic (exact) mass is 288 g/mol. The van der Waals surface area contributed by atoms with Crippen molar-refractivity contribution in [1.82, 2.24) is 4.90 Å². The molecule has 1 aromatic rings. The van der Waals surface area contributed by atoms with Gasteiger partial charge in [0.05, 0.1) is 0 Å². The summed E-state index contributed by atoms with van der Waals surface area (Å²) in [7, 11) is 0. The first-order valence-electron chi connectivity index (χ1n) is 7.37. The lowest BCUT2D eigenvalue weighted by Crippen LogP contribution is -2.51. The summed E-state index contributed by atoms with van der Waals surface area (Å²) >= 11 is 0. The van der Waals surface area contributed by atoms with E-state index in [4.69, 9.17) is 10.8 Å². The Bertz CT molecular complexity index is 587. The Balaban J connectivity index is 1.69. The molecule has 0 spiro atoms. The van der Waals surface area contributed by atoms with E-state index in [1.165, 1.54) is 11.1 Å². The van der Waals surface area contributed by atoms with Crippen LogP contribution >= 0.6 is 0 Å². The number of nitrogens with two attached hydrogens (primary N) is 1. The summed E-state index contributed by atoms with van der Waals surface area (Å²) in [6, 6.07) is 8.21. The van der Waals surface area contributed by atoms with Gasteiger partial charge < -0.3 is 15.7 Å². The predicted octanol–water partition coefficient (Wildman–Crippen LogP) is 0.806. The minimum absolute atomic E-state index is 0.0453. The van der Waals surface area contributed by atoms with Gasteiger partial charge in [0.1, 0.15) is 5.54 Å². The number of benzene rings is 1. The number of aliphatic carboxylic acids is 1. The van der Waals surface area contributed by atoms with Gasteiger partial charge >= 0.3 is 5.97 Å². The third-order valence-corrected chi connectivity index (χ3v) is 4.73. The molecule has 5 nitrogen and oxygen atoms in total. The highest BCUT2D eigenvalue weighted by molar-refractivity contribution is 5.84. The minimum Gasteiger partial charge on any atom is -0.480 e. The van der Waals surface area contributed by atoms with Crippen molar-refractivity contribution in [1.29, 1.82) is 0 Å². The molecular formula is C16H20N2O3. The molecule has 112 valence electrons. The van der Waals surface area contributed by atoms with Crippen LogP contribution in [-0.4, -0.2) is 40.5 Å². The second kappa shape index (κ2) is 5.15. The minimum atomic E-state index is -1.28. The number of aryl methyl sites for hydroxylation is 1. The van der Waals surface area contributed by atoms with Gasteiger partial charge in [0.25, 0.3) is 0 Å². The van der Waals surface area contributed by atoms with Crippen LogP contribution in [-0.2, 0) is 22.4 Å². The van der Waals surface area contributed by atoms with Gasteiger partial charge in [0, 0.05) is 19.0 Å². The molecule has 0 radical (unpaired) electrons. The highest BCUT2D eigenvalue weighted by atomic mass is 16.4. The molecule has 2 aliphatic rings. The molecule has 1 aromatic carbocycles. The third kappa shape index (κ3) is 2.53. The lowest BCUT2D eigenvalue weighted by Gasteiger charge is -2.28. The zero-order valence-electron chi connectivity index (χ0n) is 11.9. The van der Waals surface area contributed by atoms with Crippen molar-refractivity contribution >= 4 is 11.9 Å². The van der Waals surface area contributed by atoms with E-state index >= 15 is 0 Å². The molecule has 0 saturated carbocycles. The highest BCUT2D eigenvalue weighted by Gasteiger charge is 2.44. The summed E-state index contributed by atoms with van der Waals surface area (Å²) in [5, 5.41) is 9.15. The molecule has 2 atom stereocenters. The number of amides is 1. The molecule has 1 aliphatic carbocycles. The van der Waals surface area contributed by atoms with Crippen LogP contribution in [0.15, 0.2) is 24.3 Å². The second-order valence-electron chi connectivity index (χ2n) is 6.18. The molecule has 0 aromatic heterocycles. The van der Waals surface area contributed by atoms with Crippen molar-refractivity contribution < 1.29 is 14.7 Å². The Kier molecular flexibility index (Phi) is 3.45. The van der Waals surface area contributed by atoms with Gasteiger partial charge in [-0.15, -0.1) is 0 Å². The van der Waals surface area contributed by atoms with Crippen molar-refractivity contribution in [2.24, 2.45) is 11.7 Å². The molecule has 1 saturated heterocycles. The number of likely N-dealkylation sites (tertiary alicyclic amines) is 1. The average molecular weight is 288 g/mol. The number of hydrogen-bond donors (Lipinski definition) is 2. The van der Waals surface area contributed by atoms with Crippen LogP contribution in [0, 0.1) is 5.92 Å². The van der Waals surface area contributed by atoms with E-state index in [9.17, 15) is 9.59 Å². The molecule has 3 N–H and O–H groups in total. The molecule has 3 rings (SSSR count). The Morgan fingerprint density at radius 2 is 2.00 bits per heavy atom. The fourth-order valence-corrected chi connectivity index (χ4v) is 3.36. The molecule has 5 heteroatoms. The van der Waals surface area contributed by atoms with Crippen LogP contribution < -0.4 is 5.73 Å². The van der Waals surface area contributed by atoms with Crippen LogP contribution in [0.25, 0.3) is 0 Å². The summed E-state index contributed by atoms with van der Waals surface area (Å²) in [5.74, 6) is -1.01.